The molecule has 0 bridgehead atoms. The average molecular weight is 336 g/mol. The Hall–Kier alpha value is -2.70. The maximum absolute atomic E-state index is 13.0. The molecule has 1 atom stereocenters. The molecule has 1 aliphatic heterocycles. The van der Waals surface area contributed by atoms with Gasteiger partial charge in [0.05, 0.1) is 11.1 Å². The lowest BCUT2D eigenvalue weighted by atomic mass is 10.00. The maximum atomic E-state index is 13.0. The van der Waals surface area contributed by atoms with E-state index in [0.717, 1.165) is 12.1 Å². The van der Waals surface area contributed by atoms with Gasteiger partial charge in [0, 0.05) is 26.5 Å². The predicted molar refractivity (Wildman–Crippen MR) is 81.6 cm³/mol. The van der Waals surface area contributed by atoms with Crippen LogP contribution < -0.4 is 0 Å². The highest BCUT2D eigenvalue weighted by molar-refractivity contribution is 6.24. The molecular weight excluding hydrogens is 321 g/mol. The van der Waals surface area contributed by atoms with Gasteiger partial charge in [-0.2, -0.15) is 13.2 Å². The summed E-state index contributed by atoms with van der Waals surface area (Å²) < 4.78 is 46.2. The first kappa shape index (κ1) is 16.2. The van der Waals surface area contributed by atoms with Crippen LogP contribution in [0, 0.1) is 0 Å². The normalized spacial score (nSPS) is 18.0. The first-order valence-electron chi connectivity index (χ1n) is 7.21. The van der Waals surface area contributed by atoms with Gasteiger partial charge in [0.25, 0.3) is 0 Å². The van der Waals surface area contributed by atoms with Crippen molar-refractivity contribution in [3.8, 4) is 0 Å². The van der Waals surface area contributed by atoms with Gasteiger partial charge in [0.2, 0.25) is 17.9 Å². The van der Waals surface area contributed by atoms with Crippen LogP contribution in [0.15, 0.2) is 54.7 Å². The van der Waals surface area contributed by atoms with Gasteiger partial charge in [-0.25, -0.2) is 0 Å². The molecule has 4 nitrogen and oxygen atoms in total. The van der Waals surface area contributed by atoms with E-state index in [9.17, 15) is 18.0 Å². The van der Waals surface area contributed by atoms with Crippen LogP contribution >= 0.6 is 0 Å². The summed E-state index contributed by atoms with van der Waals surface area (Å²) in [4.78, 5) is 14.3. The highest BCUT2D eigenvalue weighted by Gasteiger charge is 2.39. The Bertz CT molecular complexity index is 792. The molecule has 1 aromatic carbocycles. The molecule has 1 unspecified atom stereocenters. The van der Waals surface area contributed by atoms with E-state index < -0.39 is 18.0 Å². The molecule has 24 heavy (non-hydrogen) atoms. The molecule has 0 saturated heterocycles. The Morgan fingerprint density at radius 3 is 2.38 bits per heavy atom. The van der Waals surface area contributed by atoms with Crippen LogP contribution in [-0.2, 0) is 15.7 Å². The Kier molecular flexibility index (Phi) is 3.87. The largest absolute Gasteiger partial charge is 0.447 e. The van der Waals surface area contributed by atoms with E-state index in [0.29, 0.717) is 0 Å². The van der Waals surface area contributed by atoms with Crippen molar-refractivity contribution in [3.63, 3.8) is 0 Å². The predicted octanol–water partition coefficient (Wildman–Crippen LogP) is 3.54. The third-order valence-corrected chi connectivity index (χ3v) is 3.69. The van der Waals surface area contributed by atoms with Crippen molar-refractivity contribution in [3.05, 3.63) is 65.8 Å². The van der Waals surface area contributed by atoms with Gasteiger partial charge in [-0.3, -0.25) is 4.79 Å². The Morgan fingerprint density at radius 2 is 1.79 bits per heavy atom. The van der Waals surface area contributed by atoms with Crippen LogP contribution in [0.5, 0.6) is 0 Å². The summed E-state index contributed by atoms with van der Waals surface area (Å²) in [5.74, 6) is -0.132. The van der Waals surface area contributed by atoms with E-state index in [4.69, 9.17) is 4.74 Å². The van der Waals surface area contributed by atoms with Crippen LogP contribution in [0.1, 0.15) is 17.4 Å². The molecule has 0 N–H and O–H groups in total. The third kappa shape index (κ3) is 2.77. The lowest BCUT2D eigenvalue weighted by Gasteiger charge is -2.17. The Morgan fingerprint density at radius 1 is 1.12 bits per heavy atom. The van der Waals surface area contributed by atoms with Crippen LogP contribution in [0.3, 0.4) is 0 Å². The van der Waals surface area contributed by atoms with Gasteiger partial charge in [-0.05, 0) is 29.8 Å². The minimum Gasteiger partial charge on any atom is -0.447 e. The summed E-state index contributed by atoms with van der Waals surface area (Å²) in [6, 6.07) is 8.20. The fourth-order valence-corrected chi connectivity index (χ4v) is 2.59. The van der Waals surface area contributed by atoms with E-state index >= 15 is 0 Å². The lowest BCUT2D eigenvalue weighted by Crippen LogP contribution is -2.17. The zero-order valence-electron chi connectivity index (χ0n) is 13.0. The van der Waals surface area contributed by atoms with Crippen molar-refractivity contribution < 1.29 is 22.7 Å². The van der Waals surface area contributed by atoms with Crippen molar-refractivity contribution in [2.24, 2.45) is 0 Å². The number of carbonyl (C=O) groups is 1. The molecule has 7 heteroatoms. The first-order valence-corrected chi connectivity index (χ1v) is 7.21. The van der Waals surface area contributed by atoms with Gasteiger partial charge in [-0.15, -0.1) is 0 Å². The van der Waals surface area contributed by atoms with Gasteiger partial charge < -0.3 is 14.2 Å². The summed E-state index contributed by atoms with van der Waals surface area (Å²) in [5.41, 5.74) is -0.471. The third-order valence-electron chi connectivity index (χ3n) is 3.69. The molecule has 0 fully saturated rings. The van der Waals surface area contributed by atoms with E-state index in [2.05, 4.69) is 0 Å². The Balaban J connectivity index is 2.07. The fraction of sp³-hybridized carbons (Fsp3) is 0.235. The summed E-state index contributed by atoms with van der Waals surface area (Å²) in [5, 5.41) is 0. The zero-order valence-corrected chi connectivity index (χ0v) is 13.0. The molecule has 2 heterocycles. The second kappa shape index (κ2) is 5.74. The maximum Gasteiger partial charge on any atom is 0.416 e. The number of Topliss-reactive ketones (excluding diaryl/α,β-unsaturated/α-hetero) is 1. The number of benzene rings is 1. The number of carbonyl (C=O) groups excluding carboxylic acids is 1. The number of halogens is 3. The van der Waals surface area contributed by atoms with E-state index in [1.807, 2.05) is 0 Å². The number of ether oxygens (including phenoxy) is 1. The van der Waals surface area contributed by atoms with E-state index in [-0.39, 0.29) is 22.8 Å². The van der Waals surface area contributed by atoms with Gasteiger partial charge in [0.1, 0.15) is 0 Å². The van der Waals surface area contributed by atoms with Crippen LogP contribution in [0.2, 0.25) is 0 Å². The van der Waals surface area contributed by atoms with Crippen LogP contribution in [-0.4, -0.2) is 29.3 Å². The molecule has 0 aliphatic carbocycles. The van der Waals surface area contributed by atoms with Crippen LogP contribution in [0.4, 0.5) is 13.2 Å². The number of hydrogen-bond donors (Lipinski definition) is 0. The van der Waals surface area contributed by atoms with Crippen LogP contribution in [0.25, 0.3) is 5.57 Å². The highest BCUT2D eigenvalue weighted by Crippen LogP contribution is 2.38. The number of alkyl halides is 3. The van der Waals surface area contributed by atoms with Crippen molar-refractivity contribution in [2.75, 3.05) is 14.1 Å². The quantitative estimate of drug-likeness (QED) is 0.860. The molecule has 126 valence electrons. The topological polar surface area (TPSA) is 34.5 Å². The second-order valence-electron chi connectivity index (χ2n) is 5.62. The monoisotopic (exact) mass is 336 g/mol. The number of ketones is 1. The molecule has 1 aromatic heterocycles. The molecular formula is C17H15F3N2O2. The SMILES string of the molecule is CN(C)C1=C(c2cccc(C(F)(F)F)c2)C(=O)C(n2cccc2)O1. The summed E-state index contributed by atoms with van der Waals surface area (Å²) >= 11 is 0. The number of hydrogen-bond acceptors (Lipinski definition) is 3. The molecule has 3 rings (SSSR count). The number of aromatic nitrogens is 1. The zero-order chi connectivity index (χ0) is 17.5. The summed E-state index contributed by atoms with van der Waals surface area (Å²) in [6.07, 6.45) is -2.05. The number of nitrogens with zero attached hydrogens (tertiary/aromatic N) is 2. The second-order valence-corrected chi connectivity index (χ2v) is 5.62. The molecule has 1 aliphatic rings. The van der Waals surface area contributed by atoms with Gasteiger partial charge >= 0.3 is 6.18 Å². The molecule has 0 radical (unpaired) electrons. The summed E-state index contributed by atoms with van der Waals surface area (Å²) in [6.45, 7) is 0. The van der Waals surface area contributed by atoms with Crippen molar-refractivity contribution in [1.82, 2.24) is 9.47 Å². The summed E-state index contributed by atoms with van der Waals surface area (Å²) in [7, 11) is 3.35. The van der Waals surface area contributed by atoms with Crippen molar-refractivity contribution >= 4 is 11.4 Å². The van der Waals surface area contributed by atoms with E-state index in [1.165, 1.54) is 12.1 Å². The van der Waals surface area contributed by atoms with Crippen molar-refractivity contribution in [2.45, 2.75) is 12.4 Å². The Labute approximate surface area is 136 Å². The smallest absolute Gasteiger partial charge is 0.416 e. The minimum atomic E-state index is -4.48. The van der Waals surface area contributed by atoms with Gasteiger partial charge in [0.15, 0.2) is 0 Å². The minimum absolute atomic E-state index is 0.143. The molecule has 0 saturated carbocycles. The van der Waals surface area contributed by atoms with E-state index in [1.54, 1.807) is 48.1 Å². The molecule has 0 amide bonds. The van der Waals surface area contributed by atoms with Gasteiger partial charge in [-0.1, -0.05) is 12.1 Å². The van der Waals surface area contributed by atoms with Crippen molar-refractivity contribution in [1.29, 1.82) is 0 Å². The standard InChI is InChI=1S/C17H15F3N2O2/c1-21(2)15-13(11-6-5-7-12(10-11)17(18,19)20)14(23)16(24-15)22-8-3-4-9-22/h3-10,16H,1-2H3. The lowest BCUT2D eigenvalue weighted by molar-refractivity contribution is -0.137. The first-order chi connectivity index (χ1) is 11.3. The average Bonchev–Trinajstić information content (AvgIpc) is 3.13. The fourth-order valence-electron chi connectivity index (χ4n) is 2.59. The molecule has 2 aromatic rings. The highest BCUT2D eigenvalue weighted by atomic mass is 19.4. The number of rotatable bonds is 3. The molecule has 0 spiro atoms.